The summed E-state index contributed by atoms with van der Waals surface area (Å²) in [4.78, 5) is 68.4. The normalized spacial score (nSPS) is 17.8. The molecule has 1 aliphatic rings. The van der Waals surface area contributed by atoms with Crippen LogP contribution in [0, 0.1) is 0 Å². The molecule has 0 saturated carbocycles. The van der Waals surface area contributed by atoms with Gasteiger partial charge in [0.05, 0.1) is 34.7 Å². The summed E-state index contributed by atoms with van der Waals surface area (Å²) < 4.78 is 54.2. The first-order valence-corrected chi connectivity index (χ1v) is 20.4. The van der Waals surface area contributed by atoms with E-state index in [2.05, 4.69) is 0 Å². The SMILES string of the molecule is COc1c(OCc2ccccc2)c2ccc(O[C@H]3O[C@H](COC(=O)c4ccccc4)[C@@H](OC(=O)c4ccccc4)[C@H](OC(=O)c4ccccc4)[C@@H]3OC(=O)c3ccccc3)cc2oc1=O. The number of esters is 4. The smallest absolute Gasteiger partial charge is 0.383 e. The van der Waals surface area contributed by atoms with Gasteiger partial charge in [-0.3, -0.25) is 0 Å². The van der Waals surface area contributed by atoms with Gasteiger partial charge in [0.25, 0.3) is 0 Å². The number of ether oxygens (including phenoxy) is 8. The van der Waals surface area contributed by atoms with Crippen molar-refractivity contribution in [2.75, 3.05) is 13.7 Å². The van der Waals surface area contributed by atoms with E-state index in [1.807, 2.05) is 30.3 Å². The van der Waals surface area contributed by atoms with Crippen molar-refractivity contribution in [1.29, 1.82) is 0 Å². The highest BCUT2D eigenvalue weighted by molar-refractivity contribution is 5.92. The fraction of sp³-hybridized carbons (Fsp3) is 0.157. The second kappa shape index (κ2) is 20.3. The van der Waals surface area contributed by atoms with Crippen molar-refractivity contribution in [3.05, 3.63) is 208 Å². The second-order valence-corrected chi connectivity index (χ2v) is 14.5. The molecule has 1 aliphatic heterocycles. The van der Waals surface area contributed by atoms with Crippen LogP contribution >= 0.6 is 0 Å². The number of rotatable bonds is 15. The summed E-state index contributed by atoms with van der Waals surface area (Å²) in [5, 5.41) is 0.356. The van der Waals surface area contributed by atoms with Crippen LogP contribution in [-0.2, 0) is 30.3 Å². The van der Waals surface area contributed by atoms with Crippen molar-refractivity contribution in [2.45, 2.75) is 37.3 Å². The number of carbonyl (C=O) groups is 4. The van der Waals surface area contributed by atoms with Crippen LogP contribution in [0.1, 0.15) is 47.0 Å². The molecule has 14 heteroatoms. The summed E-state index contributed by atoms with van der Waals surface area (Å²) >= 11 is 0. The number of methoxy groups -OCH3 is 1. The Morgan fingerprint density at radius 1 is 0.538 bits per heavy atom. The molecule has 5 atom stereocenters. The summed E-state index contributed by atoms with van der Waals surface area (Å²) in [5.74, 6) is -3.34. The van der Waals surface area contributed by atoms with Gasteiger partial charge in [0.15, 0.2) is 18.0 Å². The first-order chi connectivity index (χ1) is 31.7. The predicted octanol–water partition coefficient (Wildman–Crippen LogP) is 8.02. The van der Waals surface area contributed by atoms with Gasteiger partial charge >= 0.3 is 29.5 Å². The van der Waals surface area contributed by atoms with Gasteiger partial charge in [0.2, 0.25) is 18.1 Å². The molecule has 14 nitrogen and oxygen atoms in total. The molecule has 1 aromatic heterocycles. The van der Waals surface area contributed by atoms with Gasteiger partial charge < -0.3 is 42.3 Å². The number of hydrogen-bond donors (Lipinski definition) is 0. The molecule has 65 heavy (non-hydrogen) atoms. The van der Waals surface area contributed by atoms with Crippen molar-refractivity contribution < 1.29 is 61.5 Å². The molecule has 0 bridgehead atoms. The van der Waals surface area contributed by atoms with Gasteiger partial charge in [0, 0.05) is 6.07 Å². The third-order valence-electron chi connectivity index (χ3n) is 10.2. The molecule has 0 amide bonds. The van der Waals surface area contributed by atoms with Crippen molar-refractivity contribution in [3.63, 3.8) is 0 Å². The molecule has 7 aromatic rings. The summed E-state index contributed by atoms with van der Waals surface area (Å²) in [6.45, 7) is -0.457. The Kier molecular flexibility index (Phi) is 13.6. The Morgan fingerprint density at radius 2 is 1.02 bits per heavy atom. The quantitative estimate of drug-likeness (QED) is 0.0551. The molecule has 6 aromatic carbocycles. The minimum absolute atomic E-state index is 0.0264. The predicted molar refractivity (Wildman–Crippen MR) is 233 cm³/mol. The highest BCUT2D eigenvalue weighted by Crippen LogP contribution is 2.37. The lowest BCUT2D eigenvalue weighted by Crippen LogP contribution is -2.63. The average Bonchev–Trinajstić information content (AvgIpc) is 3.35. The van der Waals surface area contributed by atoms with E-state index in [-0.39, 0.29) is 51.7 Å². The van der Waals surface area contributed by atoms with Crippen LogP contribution in [0.3, 0.4) is 0 Å². The Hall–Kier alpha value is -8.23. The first kappa shape index (κ1) is 43.4. The molecule has 0 unspecified atom stereocenters. The zero-order valence-electron chi connectivity index (χ0n) is 34.7. The number of benzene rings is 6. The third kappa shape index (κ3) is 10.4. The van der Waals surface area contributed by atoms with Crippen molar-refractivity contribution in [2.24, 2.45) is 0 Å². The van der Waals surface area contributed by atoms with E-state index in [1.54, 1.807) is 91.0 Å². The summed E-state index contributed by atoms with van der Waals surface area (Å²) in [6.07, 6.45) is -8.00. The van der Waals surface area contributed by atoms with E-state index >= 15 is 0 Å². The maximum Gasteiger partial charge on any atom is 0.383 e. The fourth-order valence-corrected chi connectivity index (χ4v) is 7.01. The van der Waals surface area contributed by atoms with Crippen LogP contribution in [0.4, 0.5) is 0 Å². The van der Waals surface area contributed by atoms with Crippen LogP contribution in [0.2, 0.25) is 0 Å². The summed E-state index contributed by atoms with van der Waals surface area (Å²) in [7, 11) is 1.32. The number of carbonyl (C=O) groups excluding carboxylic acids is 4. The first-order valence-electron chi connectivity index (χ1n) is 20.4. The maximum atomic E-state index is 14.0. The summed E-state index contributed by atoms with van der Waals surface area (Å²) in [6, 6.07) is 46.0. The van der Waals surface area contributed by atoms with Gasteiger partial charge in [-0.05, 0) is 66.2 Å². The molecule has 8 rings (SSSR count). The molecule has 1 fully saturated rings. The monoisotopic (exact) mass is 876 g/mol. The number of hydrogen-bond acceptors (Lipinski definition) is 14. The Labute approximate surface area is 371 Å². The molecule has 0 radical (unpaired) electrons. The van der Waals surface area contributed by atoms with Gasteiger partial charge in [-0.2, -0.15) is 0 Å². The van der Waals surface area contributed by atoms with Gasteiger partial charge in [0.1, 0.15) is 30.7 Å². The maximum absolute atomic E-state index is 14.0. The Balaban J connectivity index is 1.21. The topological polar surface area (TPSA) is 172 Å². The highest BCUT2D eigenvalue weighted by Gasteiger charge is 2.54. The van der Waals surface area contributed by atoms with E-state index in [0.717, 1.165) is 5.56 Å². The van der Waals surface area contributed by atoms with E-state index < -0.39 is 66.8 Å². The lowest BCUT2D eigenvalue weighted by Gasteiger charge is -2.44. The lowest BCUT2D eigenvalue weighted by atomic mass is 9.97. The third-order valence-corrected chi connectivity index (χ3v) is 10.2. The van der Waals surface area contributed by atoms with Crippen molar-refractivity contribution in [3.8, 4) is 17.2 Å². The molecule has 328 valence electrons. The van der Waals surface area contributed by atoms with Crippen LogP contribution in [0.15, 0.2) is 179 Å². The van der Waals surface area contributed by atoms with Crippen LogP contribution < -0.4 is 19.8 Å². The minimum Gasteiger partial charge on any atom is -0.487 e. The lowest BCUT2D eigenvalue weighted by molar-refractivity contribution is -0.275. The molecular formula is C51H40O14. The molecular weight excluding hydrogens is 837 g/mol. The fourth-order valence-electron chi connectivity index (χ4n) is 7.01. The Morgan fingerprint density at radius 3 is 1.54 bits per heavy atom. The van der Waals surface area contributed by atoms with E-state index in [1.165, 1.54) is 55.6 Å². The second-order valence-electron chi connectivity index (χ2n) is 14.5. The van der Waals surface area contributed by atoms with Crippen LogP contribution in [-0.4, -0.2) is 68.3 Å². The zero-order chi connectivity index (χ0) is 45.1. The van der Waals surface area contributed by atoms with Crippen molar-refractivity contribution in [1.82, 2.24) is 0 Å². The van der Waals surface area contributed by atoms with Gasteiger partial charge in [-0.25, -0.2) is 24.0 Å². The highest BCUT2D eigenvalue weighted by atomic mass is 16.7. The minimum atomic E-state index is -1.67. The molecule has 0 N–H and O–H groups in total. The zero-order valence-corrected chi connectivity index (χ0v) is 34.7. The van der Waals surface area contributed by atoms with Gasteiger partial charge in [-0.15, -0.1) is 0 Å². The van der Waals surface area contributed by atoms with Crippen molar-refractivity contribution >= 4 is 34.8 Å². The molecule has 0 spiro atoms. The summed E-state index contributed by atoms with van der Waals surface area (Å²) in [5.41, 5.74) is 0.631. The molecule has 2 heterocycles. The van der Waals surface area contributed by atoms with E-state index in [9.17, 15) is 24.0 Å². The average molecular weight is 877 g/mol. The van der Waals surface area contributed by atoms with Crippen LogP contribution in [0.25, 0.3) is 11.0 Å². The standard InChI is InChI=1S/C51H40O14/c1-57-44-41(58-30-32-17-7-2-8-18-32)38-28-27-37(29-39(38)61-50(44)56)60-51-45(65-49(55)36-25-15-6-16-26-36)43(64-48(54)35-23-13-5-14-24-35)42(63-47(53)34-21-11-4-12-22-34)40(62-51)31-59-46(52)33-19-9-3-10-20-33/h2-29,40,42-43,45,51H,30-31H2,1H3/t40-,42-,43+,45+,51+/m1/s1. The molecule has 1 saturated heterocycles. The van der Waals surface area contributed by atoms with Gasteiger partial charge in [-0.1, -0.05) is 103 Å². The Bertz CT molecular complexity index is 2800. The largest absolute Gasteiger partial charge is 0.487 e. The molecule has 0 aliphatic carbocycles. The van der Waals surface area contributed by atoms with E-state index in [4.69, 9.17) is 42.3 Å². The van der Waals surface area contributed by atoms with Crippen LogP contribution in [0.5, 0.6) is 17.2 Å². The van der Waals surface area contributed by atoms with E-state index in [0.29, 0.717) is 5.39 Å². The number of fused-ring (bicyclic) bond motifs is 1.